The predicted octanol–water partition coefficient (Wildman–Crippen LogP) is 4.40. The van der Waals surface area contributed by atoms with Crippen LogP contribution in [0.2, 0.25) is 0 Å². The molecule has 2 heterocycles. The van der Waals surface area contributed by atoms with Gasteiger partial charge in [-0.2, -0.15) is 10.5 Å². The second-order valence-corrected chi connectivity index (χ2v) is 11.1. The highest BCUT2D eigenvalue weighted by Gasteiger charge is 2.26. The molecule has 0 saturated heterocycles. The minimum atomic E-state index is -0.399. The molecular weight excluding hydrogens is 456 g/mol. The van der Waals surface area contributed by atoms with Crippen molar-refractivity contribution in [2.75, 3.05) is 23.8 Å². The van der Waals surface area contributed by atoms with Crippen molar-refractivity contribution in [1.82, 2.24) is 0 Å². The van der Waals surface area contributed by atoms with E-state index in [-0.39, 0.29) is 13.2 Å². The van der Waals surface area contributed by atoms with Crippen molar-refractivity contribution in [2.24, 2.45) is 11.8 Å². The van der Waals surface area contributed by atoms with Gasteiger partial charge < -0.3 is 15.4 Å². The Bertz CT molecular complexity index is 1080. The Balaban J connectivity index is 1.30. The zero-order valence-corrected chi connectivity index (χ0v) is 20.4. The molecule has 33 heavy (non-hydrogen) atoms. The topological polar surface area (TPSA) is 115 Å². The SMILES string of the molecule is CC1CCc2c(sc(NC(=O)COCC(=O)Nc3sc4c(c3C#N)CCC(C)C4)c2C#N)C1. The standard InChI is InChI=1S/C24H26N4O3S2/c1-13-3-5-15-17(9-25)23(32-19(15)7-13)27-21(29)11-31-12-22(30)28-24-18(10-26)16-6-4-14(2)8-20(16)33-24/h13-14H,3-8,11-12H2,1-2H3,(H,27,29)(H,28,30). The fourth-order valence-corrected chi connectivity index (χ4v) is 7.23. The lowest BCUT2D eigenvalue weighted by atomic mass is 9.89. The largest absolute Gasteiger partial charge is 0.362 e. The van der Waals surface area contributed by atoms with Crippen LogP contribution in [0.25, 0.3) is 0 Å². The Labute approximate surface area is 201 Å². The highest BCUT2D eigenvalue weighted by atomic mass is 32.1. The normalized spacial score (nSPS) is 19.0. The van der Waals surface area contributed by atoms with E-state index >= 15 is 0 Å². The van der Waals surface area contributed by atoms with Crippen molar-refractivity contribution in [3.05, 3.63) is 32.0 Å². The maximum atomic E-state index is 12.3. The van der Waals surface area contributed by atoms with E-state index < -0.39 is 11.8 Å². The van der Waals surface area contributed by atoms with Crippen LogP contribution in [-0.4, -0.2) is 25.0 Å². The lowest BCUT2D eigenvalue weighted by molar-refractivity contribution is -0.125. The van der Waals surface area contributed by atoms with E-state index in [1.165, 1.54) is 32.4 Å². The molecular formula is C24H26N4O3S2. The van der Waals surface area contributed by atoms with Gasteiger partial charge in [-0.25, -0.2) is 0 Å². The smallest absolute Gasteiger partial charge is 0.251 e. The van der Waals surface area contributed by atoms with Gasteiger partial charge in [-0.05, 0) is 61.5 Å². The number of hydrogen-bond acceptors (Lipinski definition) is 7. The average molecular weight is 483 g/mol. The number of nitriles is 2. The van der Waals surface area contributed by atoms with Crippen molar-refractivity contribution in [1.29, 1.82) is 10.5 Å². The number of hydrogen-bond donors (Lipinski definition) is 2. The van der Waals surface area contributed by atoms with E-state index in [9.17, 15) is 20.1 Å². The molecule has 172 valence electrons. The first kappa shape index (κ1) is 23.4. The highest BCUT2D eigenvalue weighted by Crippen LogP contribution is 2.40. The van der Waals surface area contributed by atoms with Gasteiger partial charge in [0.25, 0.3) is 11.8 Å². The highest BCUT2D eigenvalue weighted by molar-refractivity contribution is 7.17. The van der Waals surface area contributed by atoms with Crippen molar-refractivity contribution >= 4 is 44.5 Å². The van der Waals surface area contributed by atoms with Crippen LogP contribution in [0.1, 0.15) is 58.7 Å². The summed E-state index contributed by atoms with van der Waals surface area (Å²) in [5.74, 6) is 0.354. The van der Waals surface area contributed by atoms with Crippen LogP contribution in [-0.2, 0) is 40.0 Å². The molecule has 2 atom stereocenters. The molecule has 2 aromatic rings. The Morgan fingerprint density at radius 1 is 0.879 bits per heavy atom. The number of amides is 2. The van der Waals surface area contributed by atoms with Crippen LogP contribution in [0.15, 0.2) is 0 Å². The van der Waals surface area contributed by atoms with Gasteiger partial charge in [0.1, 0.15) is 35.4 Å². The molecule has 0 aromatic carbocycles. The number of nitrogens with zero attached hydrogens (tertiary/aromatic N) is 2. The minimum absolute atomic E-state index is 0.291. The summed E-state index contributed by atoms with van der Waals surface area (Å²) in [5, 5.41) is 25.8. The molecule has 0 saturated carbocycles. The van der Waals surface area contributed by atoms with Gasteiger partial charge in [-0.1, -0.05) is 13.8 Å². The first-order valence-corrected chi connectivity index (χ1v) is 12.8. The molecule has 4 rings (SSSR count). The maximum absolute atomic E-state index is 12.3. The maximum Gasteiger partial charge on any atom is 0.251 e. The summed E-state index contributed by atoms with van der Waals surface area (Å²) < 4.78 is 5.31. The molecule has 2 unspecified atom stereocenters. The van der Waals surface area contributed by atoms with E-state index in [4.69, 9.17) is 4.74 Å². The van der Waals surface area contributed by atoms with Gasteiger partial charge in [0, 0.05) is 9.75 Å². The molecule has 9 heteroatoms. The molecule has 2 aliphatic rings. The second-order valence-electron chi connectivity index (χ2n) is 8.92. The van der Waals surface area contributed by atoms with E-state index in [2.05, 4.69) is 36.6 Å². The number of anilines is 2. The number of fused-ring (bicyclic) bond motifs is 2. The summed E-state index contributed by atoms with van der Waals surface area (Å²) in [6, 6.07) is 4.45. The van der Waals surface area contributed by atoms with Gasteiger partial charge >= 0.3 is 0 Å². The number of rotatable bonds is 6. The summed E-state index contributed by atoms with van der Waals surface area (Å²) in [6.07, 6.45) is 5.66. The number of nitrogens with one attached hydrogen (secondary N) is 2. The van der Waals surface area contributed by atoms with Crippen molar-refractivity contribution < 1.29 is 14.3 Å². The minimum Gasteiger partial charge on any atom is -0.362 e. The molecule has 0 aliphatic heterocycles. The van der Waals surface area contributed by atoms with Gasteiger partial charge in [0.05, 0.1) is 11.1 Å². The van der Waals surface area contributed by atoms with Crippen LogP contribution in [0, 0.1) is 34.5 Å². The Morgan fingerprint density at radius 2 is 1.30 bits per heavy atom. The summed E-state index contributed by atoms with van der Waals surface area (Å²) in [7, 11) is 0. The Morgan fingerprint density at radius 3 is 1.70 bits per heavy atom. The monoisotopic (exact) mass is 482 g/mol. The number of carbonyl (C=O) groups excluding carboxylic acids is 2. The van der Waals surface area contributed by atoms with Crippen molar-refractivity contribution in [3.63, 3.8) is 0 Å². The zero-order valence-electron chi connectivity index (χ0n) is 18.7. The second kappa shape index (κ2) is 10.0. The van der Waals surface area contributed by atoms with E-state index in [1.54, 1.807) is 0 Å². The zero-order chi connectivity index (χ0) is 23.5. The lowest BCUT2D eigenvalue weighted by Crippen LogP contribution is -2.24. The van der Waals surface area contributed by atoms with Crippen LogP contribution in [0.4, 0.5) is 10.0 Å². The van der Waals surface area contributed by atoms with Gasteiger partial charge in [-0.15, -0.1) is 22.7 Å². The molecule has 0 bridgehead atoms. The van der Waals surface area contributed by atoms with Crippen LogP contribution >= 0.6 is 22.7 Å². The summed E-state index contributed by atoms with van der Waals surface area (Å²) in [6.45, 7) is 3.80. The van der Waals surface area contributed by atoms with Crippen molar-refractivity contribution in [3.8, 4) is 12.1 Å². The van der Waals surface area contributed by atoms with Crippen molar-refractivity contribution in [2.45, 2.75) is 52.4 Å². The van der Waals surface area contributed by atoms with Crippen LogP contribution in [0.3, 0.4) is 0 Å². The van der Waals surface area contributed by atoms with Gasteiger partial charge in [0.15, 0.2) is 0 Å². The molecule has 2 amide bonds. The molecule has 0 fully saturated rings. The number of ether oxygens (including phenoxy) is 1. The Hall–Kier alpha value is -2.72. The predicted molar refractivity (Wildman–Crippen MR) is 129 cm³/mol. The first-order valence-electron chi connectivity index (χ1n) is 11.2. The molecule has 2 aliphatic carbocycles. The van der Waals surface area contributed by atoms with E-state index in [1.807, 2.05) is 0 Å². The number of thiophene rings is 2. The lowest BCUT2D eigenvalue weighted by Gasteiger charge is -2.17. The van der Waals surface area contributed by atoms with E-state index in [0.717, 1.165) is 49.7 Å². The first-order chi connectivity index (χ1) is 15.9. The summed E-state index contributed by atoms with van der Waals surface area (Å²) in [4.78, 5) is 27.0. The third-order valence-corrected chi connectivity index (χ3v) is 8.56. The average Bonchev–Trinajstić information content (AvgIpc) is 3.28. The van der Waals surface area contributed by atoms with Crippen LogP contribution in [0.5, 0.6) is 0 Å². The molecule has 2 aromatic heterocycles. The molecule has 7 nitrogen and oxygen atoms in total. The third-order valence-electron chi connectivity index (χ3n) is 6.22. The van der Waals surface area contributed by atoms with E-state index in [0.29, 0.717) is 33.0 Å². The third kappa shape index (κ3) is 5.11. The summed E-state index contributed by atoms with van der Waals surface area (Å²) in [5.41, 5.74) is 3.20. The Kier molecular flexibility index (Phi) is 7.14. The van der Waals surface area contributed by atoms with Crippen LogP contribution < -0.4 is 10.6 Å². The molecule has 0 spiro atoms. The fourth-order valence-electron chi connectivity index (χ4n) is 4.48. The summed E-state index contributed by atoms with van der Waals surface area (Å²) >= 11 is 2.92. The molecule has 0 radical (unpaired) electrons. The quantitative estimate of drug-likeness (QED) is 0.633. The molecule has 2 N–H and O–H groups in total. The fraction of sp³-hybridized carbons (Fsp3) is 0.500. The van der Waals surface area contributed by atoms with Gasteiger partial charge in [0.2, 0.25) is 0 Å². The van der Waals surface area contributed by atoms with Gasteiger partial charge in [-0.3, -0.25) is 9.59 Å². The number of carbonyl (C=O) groups is 2.